The van der Waals surface area contributed by atoms with Crippen LogP contribution in [0.5, 0.6) is 0 Å². The third-order valence-electron chi connectivity index (χ3n) is 3.98. The van der Waals surface area contributed by atoms with Gasteiger partial charge in [0.1, 0.15) is 5.82 Å². The summed E-state index contributed by atoms with van der Waals surface area (Å²) < 4.78 is 15.0. The molecule has 132 valence electrons. The largest absolute Gasteiger partial charge is 0.320 e. The van der Waals surface area contributed by atoms with Crippen molar-refractivity contribution in [1.82, 2.24) is 9.78 Å². The van der Waals surface area contributed by atoms with Gasteiger partial charge in [0.25, 0.3) is 5.91 Å². The summed E-state index contributed by atoms with van der Waals surface area (Å²) in [5, 5.41) is 6.78. The van der Waals surface area contributed by atoms with E-state index in [9.17, 15) is 18.8 Å². The molecule has 0 unspecified atom stereocenters. The molecule has 2 aromatic carbocycles. The Hall–Kier alpha value is -3.35. The van der Waals surface area contributed by atoms with Gasteiger partial charge in [-0.05, 0) is 56.3 Å². The van der Waals surface area contributed by atoms with Crippen LogP contribution in [-0.4, -0.2) is 21.5 Å². The molecule has 7 heteroatoms. The number of rotatable bonds is 4. The molecule has 0 aliphatic rings. The van der Waals surface area contributed by atoms with Gasteiger partial charge in [-0.1, -0.05) is 0 Å². The van der Waals surface area contributed by atoms with Crippen LogP contribution in [0.4, 0.5) is 10.1 Å². The monoisotopic (exact) mass is 353 g/mol. The van der Waals surface area contributed by atoms with Crippen LogP contribution in [0.3, 0.4) is 0 Å². The second kappa shape index (κ2) is 6.87. The van der Waals surface area contributed by atoms with E-state index in [1.165, 1.54) is 23.7 Å². The van der Waals surface area contributed by atoms with Gasteiger partial charge in [0, 0.05) is 17.8 Å². The predicted octanol–water partition coefficient (Wildman–Crippen LogP) is 3.01. The molecule has 0 saturated carbocycles. The van der Waals surface area contributed by atoms with Crippen LogP contribution >= 0.6 is 0 Å². The van der Waals surface area contributed by atoms with E-state index in [2.05, 4.69) is 10.4 Å². The number of hydrogen-bond acceptors (Lipinski definition) is 4. The zero-order chi connectivity index (χ0) is 18.8. The van der Waals surface area contributed by atoms with Crippen molar-refractivity contribution < 1.29 is 14.0 Å². The minimum absolute atomic E-state index is 0.0908. The molecular formula is C19H16FN3O3. The maximum absolute atomic E-state index is 13.5. The highest BCUT2D eigenvalue weighted by Crippen LogP contribution is 2.14. The van der Waals surface area contributed by atoms with Crippen molar-refractivity contribution in [1.29, 1.82) is 0 Å². The average Bonchev–Trinajstić information content (AvgIpc) is 2.62. The number of benzene rings is 2. The van der Waals surface area contributed by atoms with Gasteiger partial charge in [0.05, 0.1) is 10.9 Å². The second-order valence-corrected chi connectivity index (χ2v) is 5.74. The van der Waals surface area contributed by atoms with Gasteiger partial charge < -0.3 is 5.32 Å². The SMILES string of the molecule is CCn1nc(C(=O)Nc2ccc(C(C)=O)cc2)c(=O)c2cc(F)ccc21. The van der Waals surface area contributed by atoms with Crippen molar-refractivity contribution in [2.75, 3.05) is 5.32 Å². The number of Topliss-reactive ketones (excluding diaryl/α,β-unsaturated/α-hetero) is 1. The summed E-state index contributed by atoms with van der Waals surface area (Å²) >= 11 is 0. The molecule has 1 heterocycles. The molecule has 1 amide bonds. The van der Waals surface area contributed by atoms with Crippen LogP contribution in [0.15, 0.2) is 47.3 Å². The zero-order valence-corrected chi connectivity index (χ0v) is 14.2. The van der Waals surface area contributed by atoms with E-state index in [0.717, 1.165) is 6.07 Å². The van der Waals surface area contributed by atoms with Gasteiger partial charge in [0.15, 0.2) is 11.5 Å². The Kier molecular flexibility index (Phi) is 4.62. The first kappa shape index (κ1) is 17.5. The van der Waals surface area contributed by atoms with E-state index in [1.807, 2.05) is 6.92 Å². The Morgan fingerprint density at radius 1 is 1.15 bits per heavy atom. The summed E-state index contributed by atoms with van der Waals surface area (Å²) in [6.45, 7) is 3.66. The number of aryl methyl sites for hydroxylation is 1. The van der Waals surface area contributed by atoms with E-state index in [-0.39, 0.29) is 16.9 Å². The second-order valence-electron chi connectivity index (χ2n) is 5.74. The minimum atomic E-state index is -0.695. The molecule has 0 atom stereocenters. The minimum Gasteiger partial charge on any atom is -0.320 e. The number of fused-ring (bicyclic) bond motifs is 1. The molecule has 26 heavy (non-hydrogen) atoms. The molecule has 3 rings (SSSR count). The smallest absolute Gasteiger partial charge is 0.280 e. The maximum Gasteiger partial charge on any atom is 0.280 e. The average molecular weight is 353 g/mol. The number of carbonyl (C=O) groups excluding carboxylic acids is 2. The fourth-order valence-corrected chi connectivity index (χ4v) is 2.63. The summed E-state index contributed by atoms with van der Waals surface area (Å²) in [5.41, 5.74) is 0.433. The maximum atomic E-state index is 13.5. The molecule has 0 aliphatic carbocycles. The van der Waals surface area contributed by atoms with Crippen molar-refractivity contribution in [2.24, 2.45) is 0 Å². The molecule has 0 radical (unpaired) electrons. The Labute approximate surface area is 148 Å². The first-order valence-corrected chi connectivity index (χ1v) is 8.03. The highest BCUT2D eigenvalue weighted by molar-refractivity contribution is 6.04. The van der Waals surface area contributed by atoms with E-state index in [1.54, 1.807) is 24.3 Å². The first-order chi connectivity index (χ1) is 12.4. The predicted molar refractivity (Wildman–Crippen MR) is 96.0 cm³/mol. The lowest BCUT2D eigenvalue weighted by molar-refractivity contribution is 0.101. The quantitative estimate of drug-likeness (QED) is 0.731. The molecule has 0 bridgehead atoms. The number of hydrogen-bond donors (Lipinski definition) is 1. The molecule has 0 aliphatic heterocycles. The van der Waals surface area contributed by atoms with Crippen LogP contribution < -0.4 is 10.7 Å². The summed E-state index contributed by atoms with van der Waals surface area (Å²) in [6, 6.07) is 10.1. The number of halogens is 1. The Balaban J connectivity index is 2.01. The number of amides is 1. The summed E-state index contributed by atoms with van der Waals surface area (Å²) in [4.78, 5) is 36.4. The number of nitrogens with one attached hydrogen (secondary N) is 1. The van der Waals surface area contributed by atoms with Crippen molar-refractivity contribution in [3.05, 3.63) is 69.8 Å². The number of carbonyl (C=O) groups is 2. The molecule has 3 aromatic rings. The van der Waals surface area contributed by atoms with Gasteiger partial charge >= 0.3 is 0 Å². The van der Waals surface area contributed by atoms with Crippen LogP contribution in [0, 0.1) is 5.82 Å². The van der Waals surface area contributed by atoms with Crippen molar-refractivity contribution >= 4 is 28.3 Å². The molecule has 1 N–H and O–H groups in total. The van der Waals surface area contributed by atoms with Gasteiger partial charge in [0.2, 0.25) is 5.43 Å². The third-order valence-corrected chi connectivity index (χ3v) is 3.98. The topological polar surface area (TPSA) is 81.1 Å². The van der Waals surface area contributed by atoms with Crippen LogP contribution in [0.2, 0.25) is 0 Å². The number of aromatic nitrogens is 2. The Morgan fingerprint density at radius 2 is 1.85 bits per heavy atom. The first-order valence-electron chi connectivity index (χ1n) is 8.03. The van der Waals surface area contributed by atoms with E-state index < -0.39 is 17.2 Å². The lowest BCUT2D eigenvalue weighted by Gasteiger charge is -2.10. The fourth-order valence-electron chi connectivity index (χ4n) is 2.63. The highest BCUT2D eigenvalue weighted by Gasteiger charge is 2.18. The summed E-state index contributed by atoms with van der Waals surface area (Å²) in [7, 11) is 0. The molecule has 6 nitrogen and oxygen atoms in total. The van der Waals surface area contributed by atoms with Crippen molar-refractivity contribution in [2.45, 2.75) is 20.4 Å². The summed E-state index contributed by atoms with van der Waals surface area (Å²) in [5.74, 6) is -1.35. The number of nitrogens with zero attached hydrogens (tertiary/aromatic N) is 2. The molecule has 0 fully saturated rings. The molecule has 0 saturated heterocycles. The van der Waals surface area contributed by atoms with E-state index in [4.69, 9.17) is 0 Å². The van der Waals surface area contributed by atoms with Gasteiger partial charge in [-0.25, -0.2) is 4.39 Å². The molecule has 1 aromatic heterocycles. The van der Waals surface area contributed by atoms with Gasteiger partial charge in [-0.3, -0.25) is 19.1 Å². The lowest BCUT2D eigenvalue weighted by atomic mass is 10.1. The number of ketones is 1. The van der Waals surface area contributed by atoms with Crippen molar-refractivity contribution in [3.63, 3.8) is 0 Å². The zero-order valence-electron chi connectivity index (χ0n) is 14.2. The Bertz CT molecular complexity index is 1070. The Morgan fingerprint density at radius 3 is 2.46 bits per heavy atom. The van der Waals surface area contributed by atoms with Crippen molar-refractivity contribution in [3.8, 4) is 0 Å². The fraction of sp³-hybridized carbons (Fsp3) is 0.158. The van der Waals surface area contributed by atoms with Gasteiger partial charge in [-0.2, -0.15) is 5.10 Å². The third kappa shape index (κ3) is 3.23. The molecule has 0 spiro atoms. The highest BCUT2D eigenvalue weighted by atomic mass is 19.1. The standard InChI is InChI=1S/C19H16FN3O3/c1-3-23-16-9-6-13(20)10-15(16)18(25)17(22-23)19(26)21-14-7-4-12(5-8-14)11(2)24/h4-10H,3H2,1-2H3,(H,21,26). The van der Waals surface area contributed by atoms with E-state index in [0.29, 0.717) is 23.3 Å². The lowest BCUT2D eigenvalue weighted by Crippen LogP contribution is -2.27. The van der Waals surface area contributed by atoms with E-state index >= 15 is 0 Å². The normalized spacial score (nSPS) is 10.7. The van der Waals surface area contributed by atoms with Crippen LogP contribution in [0.25, 0.3) is 10.9 Å². The molecular weight excluding hydrogens is 337 g/mol. The summed E-state index contributed by atoms with van der Waals surface area (Å²) in [6.07, 6.45) is 0. The number of anilines is 1. The van der Waals surface area contributed by atoms with Crippen LogP contribution in [-0.2, 0) is 6.54 Å². The van der Waals surface area contributed by atoms with Crippen LogP contribution in [0.1, 0.15) is 34.7 Å². The van der Waals surface area contributed by atoms with Gasteiger partial charge in [-0.15, -0.1) is 0 Å².